The van der Waals surface area contributed by atoms with Crippen LogP contribution in [0.15, 0.2) is 24.3 Å². The van der Waals surface area contributed by atoms with Crippen LogP contribution in [-0.2, 0) is 26.2 Å². The van der Waals surface area contributed by atoms with Crippen molar-refractivity contribution in [2.45, 2.75) is 25.4 Å². The van der Waals surface area contributed by atoms with Crippen LogP contribution in [0.1, 0.15) is 18.4 Å². The van der Waals surface area contributed by atoms with E-state index in [4.69, 9.17) is 11.6 Å². The van der Waals surface area contributed by atoms with Crippen molar-refractivity contribution < 1.29 is 18.0 Å². The summed E-state index contributed by atoms with van der Waals surface area (Å²) in [6.07, 6.45) is 2.19. The monoisotopic (exact) mass is 399 g/mol. The van der Waals surface area contributed by atoms with Gasteiger partial charge in [0.25, 0.3) is 0 Å². The summed E-state index contributed by atoms with van der Waals surface area (Å²) >= 11 is 5.85. The third kappa shape index (κ3) is 4.55. The number of sulfonamides is 1. The van der Waals surface area contributed by atoms with E-state index < -0.39 is 10.0 Å². The van der Waals surface area contributed by atoms with Crippen LogP contribution in [0.3, 0.4) is 0 Å². The molecule has 2 fully saturated rings. The molecule has 1 aliphatic heterocycles. The summed E-state index contributed by atoms with van der Waals surface area (Å²) in [6.45, 7) is 0.520. The molecule has 9 heteroatoms. The lowest BCUT2D eigenvalue weighted by Gasteiger charge is -2.20. The van der Waals surface area contributed by atoms with E-state index in [-0.39, 0.29) is 42.8 Å². The molecule has 3 atom stereocenters. The molecule has 0 radical (unpaired) electrons. The fourth-order valence-corrected chi connectivity index (χ4v) is 4.58. The zero-order valence-corrected chi connectivity index (χ0v) is 16.0. The summed E-state index contributed by atoms with van der Waals surface area (Å²) in [4.78, 5) is 24.5. The summed E-state index contributed by atoms with van der Waals surface area (Å²) in [7, 11) is -3.45. The maximum atomic E-state index is 12.5. The Labute approximate surface area is 158 Å². The number of hydrogen-bond donors (Lipinski definition) is 2. The molecule has 0 unspecified atom stereocenters. The Morgan fingerprint density at radius 2 is 2.00 bits per heavy atom. The first-order valence-electron chi connectivity index (χ1n) is 8.49. The van der Waals surface area contributed by atoms with Gasteiger partial charge in [0.1, 0.15) is 0 Å². The Bertz CT molecular complexity index is 797. The van der Waals surface area contributed by atoms with E-state index in [2.05, 4.69) is 10.6 Å². The summed E-state index contributed by atoms with van der Waals surface area (Å²) < 4.78 is 24.9. The van der Waals surface area contributed by atoms with Gasteiger partial charge in [-0.05, 0) is 36.5 Å². The smallest absolute Gasteiger partial charge is 0.235 e. The van der Waals surface area contributed by atoms with Crippen LogP contribution in [-0.4, -0.2) is 49.9 Å². The van der Waals surface area contributed by atoms with Gasteiger partial charge in [-0.15, -0.1) is 0 Å². The van der Waals surface area contributed by atoms with Crippen molar-refractivity contribution in [1.29, 1.82) is 0 Å². The van der Waals surface area contributed by atoms with Gasteiger partial charge in [-0.3, -0.25) is 9.59 Å². The number of benzene rings is 1. The van der Waals surface area contributed by atoms with Crippen molar-refractivity contribution in [1.82, 2.24) is 14.9 Å². The average molecular weight is 400 g/mol. The van der Waals surface area contributed by atoms with Crippen molar-refractivity contribution in [3.05, 3.63) is 34.9 Å². The van der Waals surface area contributed by atoms with Gasteiger partial charge in [0.15, 0.2) is 0 Å². The maximum absolute atomic E-state index is 12.5. The van der Waals surface area contributed by atoms with E-state index in [0.29, 0.717) is 24.4 Å². The Morgan fingerprint density at radius 3 is 2.65 bits per heavy atom. The van der Waals surface area contributed by atoms with Gasteiger partial charge < -0.3 is 10.6 Å². The molecule has 0 bridgehead atoms. The van der Waals surface area contributed by atoms with Crippen LogP contribution in [0.4, 0.5) is 0 Å². The van der Waals surface area contributed by atoms with Crippen molar-refractivity contribution in [2.75, 3.05) is 19.3 Å². The van der Waals surface area contributed by atoms with Gasteiger partial charge in [-0.1, -0.05) is 23.7 Å². The van der Waals surface area contributed by atoms with Crippen LogP contribution < -0.4 is 10.6 Å². The molecule has 2 N–H and O–H groups in total. The normalized spacial score (nSPS) is 26.7. The zero-order valence-electron chi connectivity index (χ0n) is 14.4. The second kappa shape index (κ2) is 7.54. The number of nitrogens with one attached hydrogen (secondary N) is 2. The average Bonchev–Trinajstić information content (AvgIpc) is 2.87. The van der Waals surface area contributed by atoms with E-state index >= 15 is 0 Å². The molecular weight excluding hydrogens is 378 g/mol. The lowest BCUT2D eigenvalue weighted by atomic mass is 10.0. The third-order valence-electron chi connectivity index (χ3n) is 5.02. The maximum Gasteiger partial charge on any atom is 0.235 e. The first-order chi connectivity index (χ1) is 12.2. The number of amides is 2. The summed E-state index contributed by atoms with van der Waals surface area (Å²) in [5.41, 5.74) is 0.950. The number of carbonyl (C=O) groups is 2. The molecule has 7 nitrogen and oxygen atoms in total. The van der Waals surface area contributed by atoms with Gasteiger partial charge in [0, 0.05) is 30.1 Å². The number of fused-ring (bicyclic) bond motifs is 1. The van der Waals surface area contributed by atoms with Crippen LogP contribution in [0.25, 0.3) is 0 Å². The van der Waals surface area contributed by atoms with Crippen molar-refractivity contribution >= 4 is 33.4 Å². The zero-order chi connectivity index (χ0) is 18.9. The third-order valence-corrected chi connectivity index (χ3v) is 6.49. The largest absolute Gasteiger partial charge is 0.352 e. The molecule has 0 aromatic heterocycles. The Balaban J connectivity index is 1.60. The summed E-state index contributed by atoms with van der Waals surface area (Å²) in [5, 5.41) is 6.42. The standard InChI is InChI=1S/C17H22ClN3O4S/c1-26(24,25)21-9-13-6-12(7-15(13)20-16(22)10-21)17(23)19-8-11-2-4-14(18)5-3-11/h2-5,12-13,15H,6-10H2,1H3,(H,19,23)(H,20,22)/t12-,13+,15+/m0/s1. The highest BCUT2D eigenvalue weighted by molar-refractivity contribution is 7.88. The highest BCUT2D eigenvalue weighted by atomic mass is 35.5. The first kappa shape index (κ1) is 19.1. The van der Waals surface area contributed by atoms with E-state index in [1.807, 2.05) is 12.1 Å². The fourth-order valence-electron chi connectivity index (χ4n) is 3.64. The van der Waals surface area contributed by atoms with E-state index in [9.17, 15) is 18.0 Å². The minimum atomic E-state index is -3.45. The molecule has 0 spiro atoms. The minimum Gasteiger partial charge on any atom is -0.352 e. The quantitative estimate of drug-likeness (QED) is 0.780. The van der Waals surface area contributed by atoms with E-state index in [1.165, 1.54) is 4.31 Å². The number of hydrogen-bond acceptors (Lipinski definition) is 4. The summed E-state index contributed by atoms with van der Waals surface area (Å²) in [6, 6.07) is 7.08. The van der Waals surface area contributed by atoms with Gasteiger partial charge in [-0.2, -0.15) is 4.31 Å². The first-order valence-corrected chi connectivity index (χ1v) is 10.7. The van der Waals surface area contributed by atoms with Crippen molar-refractivity contribution in [2.24, 2.45) is 11.8 Å². The summed E-state index contributed by atoms with van der Waals surface area (Å²) in [5.74, 6) is -0.683. The topological polar surface area (TPSA) is 95.6 Å². The number of nitrogens with zero attached hydrogens (tertiary/aromatic N) is 1. The number of carbonyl (C=O) groups excluding carboxylic acids is 2. The van der Waals surface area contributed by atoms with Gasteiger partial charge >= 0.3 is 0 Å². The van der Waals surface area contributed by atoms with Crippen molar-refractivity contribution in [3.8, 4) is 0 Å². The molecule has 2 aliphatic rings. The molecule has 2 amide bonds. The Kier molecular flexibility index (Phi) is 5.55. The highest BCUT2D eigenvalue weighted by Crippen LogP contribution is 2.34. The van der Waals surface area contributed by atoms with Crippen LogP contribution in [0.2, 0.25) is 5.02 Å². The van der Waals surface area contributed by atoms with E-state index in [1.54, 1.807) is 12.1 Å². The molecule has 1 aromatic carbocycles. The van der Waals surface area contributed by atoms with E-state index in [0.717, 1.165) is 11.8 Å². The molecule has 142 valence electrons. The predicted molar refractivity (Wildman–Crippen MR) is 97.9 cm³/mol. The molecule has 1 saturated carbocycles. The number of halogens is 1. The molecule has 1 saturated heterocycles. The SMILES string of the molecule is CS(=O)(=O)N1CC(=O)N[C@@H]2C[C@@H](C(=O)NCc3ccc(Cl)cc3)C[C@@H]2C1. The molecule has 1 aliphatic carbocycles. The molecule has 1 heterocycles. The fraction of sp³-hybridized carbons (Fsp3) is 0.529. The second-order valence-electron chi connectivity index (χ2n) is 7.00. The Morgan fingerprint density at radius 1 is 1.31 bits per heavy atom. The highest BCUT2D eigenvalue weighted by Gasteiger charge is 2.42. The van der Waals surface area contributed by atoms with Crippen LogP contribution in [0, 0.1) is 11.8 Å². The second-order valence-corrected chi connectivity index (χ2v) is 9.42. The lowest BCUT2D eigenvalue weighted by Crippen LogP contribution is -2.39. The molecule has 3 rings (SSSR count). The van der Waals surface area contributed by atoms with Crippen LogP contribution >= 0.6 is 11.6 Å². The van der Waals surface area contributed by atoms with Gasteiger partial charge in [-0.25, -0.2) is 8.42 Å². The van der Waals surface area contributed by atoms with Crippen molar-refractivity contribution in [3.63, 3.8) is 0 Å². The van der Waals surface area contributed by atoms with Crippen LogP contribution in [0.5, 0.6) is 0 Å². The molecule has 1 aromatic rings. The minimum absolute atomic E-state index is 0.0533. The molecular formula is C17H22ClN3O4S. The molecule has 26 heavy (non-hydrogen) atoms. The Hall–Kier alpha value is -1.64. The van der Waals surface area contributed by atoms with Gasteiger partial charge in [0.2, 0.25) is 21.8 Å². The van der Waals surface area contributed by atoms with Gasteiger partial charge in [0.05, 0.1) is 12.8 Å². The lowest BCUT2D eigenvalue weighted by molar-refractivity contribution is -0.125. The predicted octanol–water partition coefficient (Wildman–Crippen LogP) is 0.742. The number of rotatable bonds is 4.